The molecular formula is C54H35N5. The van der Waals surface area contributed by atoms with Crippen LogP contribution in [0.1, 0.15) is 0 Å². The van der Waals surface area contributed by atoms with E-state index >= 15 is 0 Å². The van der Waals surface area contributed by atoms with Gasteiger partial charge >= 0.3 is 0 Å². The summed E-state index contributed by atoms with van der Waals surface area (Å²) < 4.78 is 2.37. The first kappa shape index (κ1) is 34.2. The molecule has 11 rings (SSSR count). The van der Waals surface area contributed by atoms with Crippen LogP contribution < -0.4 is 0 Å². The first-order valence-electron chi connectivity index (χ1n) is 19.8. The van der Waals surface area contributed by atoms with Crippen LogP contribution in [0.4, 0.5) is 0 Å². The van der Waals surface area contributed by atoms with Crippen LogP contribution in [-0.4, -0.2) is 24.5 Å². The van der Waals surface area contributed by atoms with E-state index in [9.17, 15) is 0 Å². The molecule has 0 aliphatic heterocycles. The largest absolute Gasteiger partial charge is 0.308 e. The molecule has 0 aliphatic rings. The highest BCUT2D eigenvalue weighted by Gasteiger charge is 2.21. The summed E-state index contributed by atoms with van der Waals surface area (Å²) in [6.07, 6.45) is 0. The van der Waals surface area contributed by atoms with Crippen molar-refractivity contribution in [2.45, 2.75) is 0 Å². The van der Waals surface area contributed by atoms with Gasteiger partial charge in [-0.3, -0.25) is 0 Å². The molecule has 5 heteroatoms. The number of benzene rings is 8. The SMILES string of the molecule is c1ccc(-c2ccc(-c3nc(-c4ccc(-c5ccccc5)cc4)nc(-c4cccc(-n5c6ccccc6c6c(-c7ccccc7)nc7ccccc7c65)c4)n3)cc2)cc1. The monoisotopic (exact) mass is 753 g/mol. The van der Waals surface area contributed by atoms with E-state index < -0.39 is 0 Å². The molecule has 11 aromatic rings. The second-order valence-electron chi connectivity index (χ2n) is 14.7. The first-order chi connectivity index (χ1) is 29.2. The number of para-hydroxylation sites is 2. The lowest BCUT2D eigenvalue weighted by Crippen LogP contribution is -2.01. The van der Waals surface area contributed by atoms with Crippen molar-refractivity contribution >= 4 is 32.7 Å². The molecule has 0 saturated heterocycles. The molecule has 0 fully saturated rings. The summed E-state index contributed by atoms with van der Waals surface area (Å²) in [4.78, 5) is 20.7. The summed E-state index contributed by atoms with van der Waals surface area (Å²) in [6, 6.07) is 73.8. The molecule has 0 aliphatic carbocycles. The molecule has 0 bridgehead atoms. The summed E-state index contributed by atoms with van der Waals surface area (Å²) >= 11 is 0. The maximum absolute atomic E-state index is 5.28. The van der Waals surface area contributed by atoms with Crippen LogP contribution in [0.15, 0.2) is 212 Å². The molecule has 0 saturated carbocycles. The Morgan fingerprint density at radius 3 is 1.34 bits per heavy atom. The number of hydrogen-bond donors (Lipinski definition) is 0. The number of nitrogens with zero attached hydrogens (tertiary/aromatic N) is 5. The van der Waals surface area contributed by atoms with Crippen molar-refractivity contribution in [2.24, 2.45) is 0 Å². The highest BCUT2D eigenvalue weighted by molar-refractivity contribution is 6.22. The summed E-state index contributed by atoms with van der Waals surface area (Å²) in [6.45, 7) is 0. The molecular weight excluding hydrogens is 719 g/mol. The lowest BCUT2D eigenvalue weighted by Gasteiger charge is -2.13. The molecule has 0 amide bonds. The quantitative estimate of drug-likeness (QED) is 0.163. The maximum Gasteiger partial charge on any atom is 0.164 e. The topological polar surface area (TPSA) is 56.5 Å². The zero-order valence-corrected chi connectivity index (χ0v) is 31.9. The Hall–Kier alpha value is -8.02. The molecule has 276 valence electrons. The second-order valence-corrected chi connectivity index (χ2v) is 14.7. The van der Waals surface area contributed by atoms with E-state index in [1.165, 1.54) is 0 Å². The van der Waals surface area contributed by atoms with Crippen molar-refractivity contribution in [1.29, 1.82) is 0 Å². The zero-order chi connectivity index (χ0) is 39.1. The Morgan fingerprint density at radius 2 is 0.746 bits per heavy atom. The smallest absolute Gasteiger partial charge is 0.164 e. The highest BCUT2D eigenvalue weighted by atomic mass is 15.0. The van der Waals surface area contributed by atoms with Crippen LogP contribution in [0, 0.1) is 0 Å². The highest BCUT2D eigenvalue weighted by Crippen LogP contribution is 2.41. The van der Waals surface area contributed by atoms with Crippen molar-refractivity contribution in [1.82, 2.24) is 24.5 Å². The fraction of sp³-hybridized carbons (Fsp3) is 0. The van der Waals surface area contributed by atoms with E-state index in [0.29, 0.717) is 17.5 Å². The minimum Gasteiger partial charge on any atom is -0.308 e. The number of rotatable bonds is 7. The van der Waals surface area contributed by atoms with Crippen LogP contribution >= 0.6 is 0 Å². The predicted molar refractivity (Wildman–Crippen MR) is 242 cm³/mol. The maximum atomic E-state index is 5.28. The van der Waals surface area contributed by atoms with Crippen molar-refractivity contribution in [2.75, 3.05) is 0 Å². The van der Waals surface area contributed by atoms with Crippen LogP contribution in [0.2, 0.25) is 0 Å². The van der Waals surface area contributed by atoms with Gasteiger partial charge in [-0.25, -0.2) is 19.9 Å². The fourth-order valence-electron chi connectivity index (χ4n) is 8.19. The van der Waals surface area contributed by atoms with Gasteiger partial charge in [0.05, 0.1) is 22.2 Å². The van der Waals surface area contributed by atoms with Gasteiger partial charge in [-0.05, 0) is 46.5 Å². The van der Waals surface area contributed by atoms with Gasteiger partial charge < -0.3 is 4.57 Å². The zero-order valence-electron chi connectivity index (χ0n) is 31.9. The third-order valence-corrected chi connectivity index (χ3v) is 11.0. The van der Waals surface area contributed by atoms with E-state index in [-0.39, 0.29) is 0 Å². The van der Waals surface area contributed by atoms with Gasteiger partial charge in [-0.1, -0.05) is 188 Å². The summed E-state index contributed by atoms with van der Waals surface area (Å²) in [5.74, 6) is 1.83. The molecule has 3 aromatic heterocycles. The Kier molecular flexibility index (Phi) is 8.41. The lowest BCUT2D eigenvalue weighted by molar-refractivity contribution is 1.07. The van der Waals surface area contributed by atoms with Crippen molar-refractivity contribution < 1.29 is 0 Å². The molecule has 3 heterocycles. The third kappa shape index (κ3) is 6.22. The molecule has 8 aromatic carbocycles. The van der Waals surface area contributed by atoms with Crippen LogP contribution in [0.3, 0.4) is 0 Å². The van der Waals surface area contributed by atoms with Crippen molar-refractivity contribution in [3.05, 3.63) is 212 Å². The Bertz CT molecular complexity index is 3180. The molecule has 0 spiro atoms. The number of pyridine rings is 1. The number of aromatic nitrogens is 5. The van der Waals surface area contributed by atoms with E-state index in [2.05, 4.69) is 199 Å². The minimum absolute atomic E-state index is 0.600. The van der Waals surface area contributed by atoms with Gasteiger partial charge in [0.15, 0.2) is 17.5 Å². The van der Waals surface area contributed by atoms with Crippen molar-refractivity contribution in [3.63, 3.8) is 0 Å². The Labute approximate surface area is 341 Å². The molecule has 0 N–H and O–H groups in total. The van der Waals surface area contributed by atoms with Crippen molar-refractivity contribution in [3.8, 4) is 73.4 Å². The lowest BCUT2D eigenvalue weighted by atomic mass is 10.0. The average molecular weight is 754 g/mol. The van der Waals surface area contributed by atoms with Gasteiger partial charge in [0.25, 0.3) is 0 Å². The number of hydrogen-bond acceptors (Lipinski definition) is 4. The average Bonchev–Trinajstić information content (AvgIpc) is 3.68. The normalized spacial score (nSPS) is 11.4. The molecule has 0 unspecified atom stereocenters. The van der Waals surface area contributed by atoms with Gasteiger partial charge in [0, 0.05) is 44.1 Å². The first-order valence-corrected chi connectivity index (χ1v) is 19.8. The summed E-state index contributed by atoms with van der Waals surface area (Å²) in [5, 5.41) is 3.36. The molecule has 0 radical (unpaired) electrons. The van der Waals surface area contributed by atoms with Gasteiger partial charge in [-0.2, -0.15) is 0 Å². The van der Waals surface area contributed by atoms with E-state index in [1.807, 2.05) is 18.2 Å². The fourth-order valence-corrected chi connectivity index (χ4v) is 8.19. The summed E-state index contributed by atoms with van der Waals surface area (Å²) in [5.41, 5.74) is 13.5. The molecule has 59 heavy (non-hydrogen) atoms. The predicted octanol–water partition coefficient (Wildman–Crippen LogP) is 13.5. The third-order valence-electron chi connectivity index (χ3n) is 11.0. The standard InChI is InChI=1S/C54H35N5/c1-4-15-36(16-5-1)38-27-31-41(32-28-38)52-56-53(42-33-29-39(30-34-42)37-17-6-2-7-18-37)58-54(57-52)43-21-14-22-44(35-43)59-48-26-13-11-24-46(48)49-50(40-19-8-3-9-20-40)55-47-25-12-10-23-45(47)51(49)59/h1-35H. The van der Waals surface area contributed by atoms with Crippen LogP contribution in [0.25, 0.3) is 106 Å². The Morgan fingerprint density at radius 1 is 0.305 bits per heavy atom. The van der Waals surface area contributed by atoms with E-state index in [1.54, 1.807) is 0 Å². The summed E-state index contributed by atoms with van der Waals surface area (Å²) in [7, 11) is 0. The molecule has 0 atom stereocenters. The van der Waals surface area contributed by atoms with Crippen LogP contribution in [0.5, 0.6) is 0 Å². The minimum atomic E-state index is 0.600. The number of fused-ring (bicyclic) bond motifs is 5. The Balaban J connectivity index is 1.10. The van der Waals surface area contributed by atoms with Gasteiger partial charge in [0.2, 0.25) is 0 Å². The van der Waals surface area contributed by atoms with Gasteiger partial charge in [0.1, 0.15) is 0 Å². The molecule has 5 nitrogen and oxygen atoms in total. The second kappa shape index (κ2) is 14.5. The van der Waals surface area contributed by atoms with Gasteiger partial charge in [-0.15, -0.1) is 0 Å². The van der Waals surface area contributed by atoms with Crippen LogP contribution in [-0.2, 0) is 0 Å². The van der Waals surface area contributed by atoms with E-state index in [0.717, 1.165) is 88.6 Å². The van der Waals surface area contributed by atoms with E-state index in [4.69, 9.17) is 19.9 Å².